The Bertz CT molecular complexity index is 928. The maximum absolute atomic E-state index is 13.6. The summed E-state index contributed by atoms with van der Waals surface area (Å²) in [6.07, 6.45) is 7.66. The summed E-state index contributed by atoms with van der Waals surface area (Å²) >= 11 is 12.2. The maximum atomic E-state index is 13.6. The number of rotatable bonds is 12. The molecular formula is C26H35Cl2N3O3. The van der Waals surface area contributed by atoms with Crippen LogP contribution >= 0.6 is 23.2 Å². The highest BCUT2D eigenvalue weighted by atomic mass is 35.5. The van der Waals surface area contributed by atoms with Gasteiger partial charge in [-0.3, -0.25) is 9.59 Å². The number of hydrogen-bond acceptors (Lipinski definition) is 3. The number of nitrogens with zero attached hydrogens (tertiary/aromatic N) is 3. The van der Waals surface area contributed by atoms with Crippen molar-refractivity contribution in [3.63, 3.8) is 0 Å². The third-order valence-corrected chi connectivity index (χ3v) is 7.00. The lowest BCUT2D eigenvalue weighted by Crippen LogP contribution is -2.48. The van der Waals surface area contributed by atoms with Crippen LogP contribution in [-0.4, -0.2) is 64.9 Å². The van der Waals surface area contributed by atoms with E-state index in [2.05, 4.69) is 10.6 Å². The molecule has 0 N–H and O–H groups in total. The Balaban J connectivity index is 1.79. The lowest BCUT2D eigenvalue weighted by molar-refractivity contribution is -0.143. The summed E-state index contributed by atoms with van der Waals surface area (Å²) in [5.74, 6) is 0.0841. The zero-order chi connectivity index (χ0) is 24.3. The van der Waals surface area contributed by atoms with E-state index >= 15 is 0 Å². The fraction of sp³-hybridized carbons (Fsp3) is 0.538. The van der Waals surface area contributed by atoms with E-state index in [1.807, 2.05) is 41.4 Å². The Morgan fingerprint density at radius 2 is 1.85 bits per heavy atom. The summed E-state index contributed by atoms with van der Waals surface area (Å²) in [4.78, 5) is 29.7. The van der Waals surface area contributed by atoms with E-state index < -0.39 is 0 Å². The third-order valence-electron chi connectivity index (χ3n) is 6.44. The van der Waals surface area contributed by atoms with Crippen molar-refractivity contribution in [3.8, 4) is 0 Å². The van der Waals surface area contributed by atoms with Gasteiger partial charge in [0.05, 0.1) is 19.7 Å². The van der Waals surface area contributed by atoms with Crippen molar-refractivity contribution >= 4 is 35.0 Å². The molecule has 2 aromatic rings. The maximum Gasteiger partial charge on any atom is 0.242 e. The topological polar surface area (TPSA) is 54.8 Å². The van der Waals surface area contributed by atoms with E-state index in [0.717, 1.165) is 42.0 Å². The number of benzene rings is 1. The molecule has 3 rings (SSSR count). The largest absolute Gasteiger partial charge is 0.383 e. The van der Waals surface area contributed by atoms with Crippen LogP contribution in [0.1, 0.15) is 49.8 Å². The van der Waals surface area contributed by atoms with Gasteiger partial charge >= 0.3 is 0 Å². The molecule has 186 valence electrons. The van der Waals surface area contributed by atoms with Crippen LogP contribution in [0.15, 0.2) is 42.6 Å². The molecule has 8 heteroatoms. The second-order valence-corrected chi connectivity index (χ2v) is 9.56. The molecular weight excluding hydrogens is 473 g/mol. The first kappa shape index (κ1) is 26.6. The minimum absolute atomic E-state index is 0.0311. The van der Waals surface area contributed by atoms with Gasteiger partial charge < -0.3 is 19.1 Å². The molecule has 0 bridgehead atoms. The first-order valence-electron chi connectivity index (χ1n) is 12.0. The molecule has 1 fully saturated rings. The lowest BCUT2D eigenvalue weighted by atomic mass is 9.94. The summed E-state index contributed by atoms with van der Waals surface area (Å²) in [5.41, 5.74) is 2.09. The molecule has 34 heavy (non-hydrogen) atoms. The normalized spacial score (nSPS) is 14.2. The third kappa shape index (κ3) is 7.49. The van der Waals surface area contributed by atoms with Crippen LogP contribution < -0.4 is 0 Å². The van der Waals surface area contributed by atoms with Crippen LogP contribution in [0, 0.1) is 0 Å². The molecule has 0 aliphatic heterocycles. The molecule has 0 saturated heterocycles. The van der Waals surface area contributed by atoms with Gasteiger partial charge in [0.25, 0.3) is 0 Å². The Morgan fingerprint density at radius 3 is 2.56 bits per heavy atom. The van der Waals surface area contributed by atoms with E-state index in [0.29, 0.717) is 26.2 Å². The first-order valence-corrected chi connectivity index (χ1v) is 12.9. The highest BCUT2D eigenvalue weighted by Gasteiger charge is 2.28. The predicted octanol–water partition coefficient (Wildman–Crippen LogP) is 4.96. The average Bonchev–Trinajstić information content (AvgIpc) is 3.28. The molecule has 1 aliphatic carbocycles. The molecule has 1 saturated carbocycles. The Hall–Kier alpha value is -2.02. The second-order valence-electron chi connectivity index (χ2n) is 8.78. The minimum atomic E-state index is -0.119. The van der Waals surface area contributed by atoms with E-state index in [4.69, 9.17) is 27.9 Å². The lowest BCUT2D eigenvalue weighted by Gasteiger charge is -2.36. The molecule has 6 nitrogen and oxygen atoms in total. The van der Waals surface area contributed by atoms with Crippen molar-refractivity contribution in [2.24, 2.45) is 0 Å². The number of aromatic nitrogens is 1. The van der Waals surface area contributed by atoms with Crippen LogP contribution in [0.2, 0.25) is 5.02 Å². The molecule has 1 aromatic heterocycles. The van der Waals surface area contributed by atoms with Crippen molar-refractivity contribution < 1.29 is 14.3 Å². The Kier molecular flexibility index (Phi) is 10.8. The summed E-state index contributed by atoms with van der Waals surface area (Å²) in [6.45, 7) is 1.94. The van der Waals surface area contributed by atoms with Crippen molar-refractivity contribution in [2.75, 3.05) is 32.7 Å². The van der Waals surface area contributed by atoms with Crippen LogP contribution in [-0.2, 0) is 27.4 Å². The summed E-state index contributed by atoms with van der Waals surface area (Å²) < 4.78 is 7.30. The van der Waals surface area contributed by atoms with Crippen LogP contribution in [0.5, 0.6) is 0 Å². The van der Waals surface area contributed by atoms with E-state index in [-0.39, 0.29) is 36.7 Å². The van der Waals surface area contributed by atoms with Gasteiger partial charge in [0.1, 0.15) is 0 Å². The number of halogens is 2. The average molecular weight is 508 g/mol. The number of carbonyl (C=O) groups is 2. The first-order chi connectivity index (χ1) is 16.5. The molecule has 2 amide bonds. The molecule has 1 heterocycles. The molecule has 0 atom stereocenters. The van der Waals surface area contributed by atoms with Gasteiger partial charge in [-0.2, -0.15) is 0 Å². The van der Waals surface area contributed by atoms with Gasteiger partial charge in [0, 0.05) is 55.5 Å². The molecule has 1 aromatic carbocycles. The van der Waals surface area contributed by atoms with Crippen LogP contribution in [0.3, 0.4) is 0 Å². The monoisotopic (exact) mass is 507 g/mol. The number of ether oxygens (including phenoxy) is 1. The predicted molar refractivity (Wildman–Crippen MR) is 136 cm³/mol. The van der Waals surface area contributed by atoms with E-state index in [1.165, 1.54) is 6.42 Å². The van der Waals surface area contributed by atoms with Crippen molar-refractivity contribution in [3.05, 3.63) is 58.9 Å². The minimum Gasteiger partial charge on any atom is -0.383 e. The summed E-state index contributed by atoms with van der Waals surface area (Å²) in [6, 6.07) is 12.1. The summed E-state index contributed by atoms with van der Waals surface area (Å²) in [7, 11) is 1.59. The van der Waals surface area contributed by atoms with Crippen LogP contribution in [0.4, 0.5) is 0 Å². The van der Waals surface area contributed by atoms with Gasteiger partial charge in [-0.15, -0.1) is 11.6 Å². The number of hydrogen-bond donors (Lipinski definition) is 0. The highest BCUT2D eigenvalue weighted by Crippen LogP contribution is 2.25. The van der Waals surface area contributed by atoms with Gasteiger partial charge in [-0.05, 0) is 36.6 Å². The Morgan fingerprint density at radius 1 is 1.09 bits per heavy atom. The number of amides is 2. The zero-order valence-electron chi connectivity index (χ0n) is 19.9. The van der Waals surface area contributed by atoms with Crippen molar-refractivity contribution in [1.82, 2.24) is 14.4 Å². The Labute approximate surface area is 212 Å². The highest BCUT2D eigenvalue weighted by molar-refractivity contribution is 6.31. The van der Waals surface area contributed by atoms with Gasteiger partial charge in [0.2, 0.25) is 11.8 Å². The fourth-order valence-electron chi connectivity index (χ4n) is 4.53. The summed E-state index contributed by atoms with van der Waals surface area (Å²) in [5, 5.41) is 0.731. The molecule has 0 unspecified atom stereocenters. The van der Waals surface area contributed by atoms with E-state index in [9.17, 15) is 9.59 Å². The zero-order valence-corrected chi connectivity index (χ0v) is 21.4. The van der Waals surface area contributed by atoms with Gasteiger partial charge in [0.15, 0.2) is 0 Å². The quantitative estimate of drug-likeness (QED) is 0.381. The molecule has 0 spiro atoms. The van der Waals surface area contributed by atoms with E-state index in [1.54, 1.807) is 12.0 Å². The van der Waals surface area contributed by atoms with Crippen molar-refractivity contribution in [1.29, 1.82) is 0 Å². The molecule has 0 radical (unpaired) electrons. The van der Waals surface area contributed by atoms with Crippen LogP contribution in [0.25, 0.3) is 0 Å². The molecule has 1 aliphatic rings. The standard InChI is InChI=1S/C26H35Cl2N3O3/c1-34-17-16-30(25(32)13-14-27)20-26(33)31(22-9-3-2-4-10-22)19-23-11-7-15-29(23)18-21-8-5-6-12-24(21)28/h5-8,11-12,15,22H,2-4,9-10,13-14,16-20H2,1H3. The SMILES string of the molecule is COCCN(CC(=O)N(Cc1cccn1Cc1ccccc1Cl)C1CCCCC1)C(=O)CCCl. The second kappa shape index (κ2) is 13.8. The number of methoxy groups -OCH3 is 1. The fourth-order valence-corrected chi connectivity index (χ4v) is 4.89. The van der Waals surface area contributed by atoms with Crippen molar-refractivity contribution in [2.45, 2.75) is 57.7 Å². The van der Waals surface area contributed by atoms with Gasteiger partial charge in [-0.25, -0.2) is 0 Å². The number of alkyl halides is 1. The smallest absolute Gasteiger partial charge is 0.242 e. The number of carbonyl (C=O) groups excluding carboxylic acids is 2. The van der Waals surface area contributed by atoms with Gasteiger partial charge in [-0.1, -0.05) is 49.1 Å².